The number of allylic oxidation sites excluding steroid dienone is 1. The molecule has 2 aromatic heterocycles. The lowest BCUT2D eigenvalue weighted by Crippen LogP contribution is -2.37. The number of amides is 2. The maximum Gasteiger partial charge on any atom is 0.409 e. The molecular weight excluding hydrogens is 422 g/mol. The van der Waals surface area contributed by atoms with Crippen LogP contribution in [0.4, 0.5) is 4.79 Å². The Hall–Kier alpha value is -3.19. The van der Waals surface area contributed by atoms with Gasteiger partial charge in [0, 0.05) is 36.4 Å². The Labute approximate surface area is 191 Å². The molecule has 7 heteroatoms. The fourth-order valence-corrected chi connectivity index (χ4v) is 5.34. The molecular formula is C25H25N3O3S. The van der Waals surface area contributed by atoms with Crippen molar-refractivity contribution in [3.63, 3.8) is 0 Å². The van der Waals surface area contributed by atoms with Gasteiger partial charge < -0.3 is 14.5 Å². The monoisotopic (exact) mass is 447 g/mol. The molecule has 0 saturated carbocycles. The quantitative estimate of drug-likeness (QED) is 0.571. The molecule has 0 bridgehead atoms. The number of hydrogen-bond acceptors (Lipinski definition) is 5. The van der Waals surface area contributed by atoms with E-state index in [1.807, 2.05) is 35.2 Å². The second-order valence-corrected chi connectivity index (χ2v) is 9.10. The van der Waals surface area contributed by atoms with Crippen LogP contribution in [0.25, 0.3) is 22.6 Å². The molecule has 32 heavy (non-hydrogen) atoms. The standard InChI is InChI=1S/C25H25N3O3S/c1-31-25(30)28-12-5-11-27(13-14-28)24(29)22-19-7-2-3-8-21(19)26-23-17(9-10-20(22)23)16-18-6-4-15-32-18/h2-4,6-8,15-16H,5,9-14H2,1H3/b17-16-. The number of aromatic nitrogens is 1. The molecule has 2 amide bonds. The number of ether oxygens (including phenoxy) is 1. The van der Waals surface area contributed by atoms with Crippen molar-refractivity contribution in [2.24, 2.45) is 0 Å². The van der Waals surface area contributed by atoms with Crippen LogP contribution in [0, 0.1) is 0 Å². The molecule has 164 valence electrons. The molecule has 1 saturated heterocycles. The average Bonchev–Trinajstić information content (AvgIpc) is 3.40. The lowest BCUT2D eigenvalue weighted by molar-refractivity contribution is 0.0758. The minimum atomic E-state index is -0.335. The third-order valence-corrected chi connectivity index (χ3v) is 7.05. The van der Waals surface area contributed by atoms with Crippen LogP contribution in [0.3, 0.4) is 0 Å². The Morgan fingerprint density at radius 2 is 1.84 bits per heavy atom. The highest BCUT2D eigenvalue weighted by atomic mass is 32.1. The molecule has 1 aliphatic heterocycles. The first-order valence-electron chi connectivity index (χ1n) is 10.9. The number of benzene rings is 1. The molecule has 3 aromatic rings. The fourth-order valence-electron chi connectivity index (χ4n) is 4.66. The van der Waals surface area contributed by atoms with Gasteiger partial charge in [0.2, 0.25) is 0 Å². The zero-order valence-electron chi connectivity index (χ0n) is 18.0. The summed E-state index contributed by atoms with van der Waals surface area (Å²) in [6.45, 7) is 2.19. The normalized spacial score (nSPS) is 17.5. The number of fused-ring (bicyclic) bond motifs is 2. The molecule has 1 aliphatic carbocycles. The van der Waals surface area contributed by atoms with Gasteiger partial charge in [-0.1, -0.05) is 24.3 Å². The third-order valence-electron chi connectivity index (χ3n) is 6.23. The number of hydrogen-bond donors (Lipinski definition) is 0. The van der Waals surface area contributed by atoms with Gasteiger partial charge in [0.25, 0.3) is 5.91 Å². The lowest BCUT2D eigenvalue weighted by atomic mass is 9.99. The van der Waals surface area contributed by atoms with E-state index in [0.717, 1.165) is 47.0 Å². The first-order valence-corrected chi connectivity index (χ1v) is 11.8. The maximum absolute atomic E-state index is 13.8. The van der Waals surface area contributed by atoms with Crippen molar-refractivity contribution < 1.29 is 14.3 Å². The molecule has 6 nitrogen and oxygen atoms in total. The van der Waals surface area contributed by atoms with Crippen molar-refractivity contribution in [2.75, 3.05) is 33.3 Å². The molecule has 0 radical (unpaired) electrons. The van der Waals surface area contributed by atoms with Crippen LogP contribution >= 0.6 is 11.3 Å². The van der Waals surface area contributed by atoms with Crippen molar-refractivity contribution in [1.29, 1.82) is 0 Å². The number of nitrogens with zero attached hydrogens (tertiary/aromatic N) is 3. The molecule has 0 spiro atoms. The van der Waals surface area contributed by atoms with Crippen LogP contribution in [-0.2, 0) is 11.2 Å². The maximum atomic E-state index is 13.8. The second kappa shape index (κ2) is 8.74. The third kappa shape index (κ3) is 3.77. The Balaban J connectivity index is 1.54. The summed E-state index contributed by atoms with van der Waals surface area (Å²) in [5.74, 6) is 0.0314. The number of methoxy groups -OCH3 is 1. The van der Waals surface area contributed by atoms with E-state index in [1.54, 1.807) is 16.2 Å². The summed E-state index contributed by atoms with van der Waals surface area (Å²) >= 11 is 1.71. The van der Waals surface area contributed by atoms with E-state index in [4.69, 9.17) is 9.72 Å². The van der Waals surface area contributed by atoms with E-state index in [1.165, 1.54) is 17.6 Å². The Bertz CT molecular complexity index is 1200. The molecule has 1 aromatic carbocycles. The van der Waals surface area contributed by atoms with E-state index < -0.39 is 0 Å². The molecule has 1 fully saturated rings. The fraction of sp³-hybridized carbons (Fsp3) is 0.320. The molecule has 3 heterocycles. The summed E-state index contributed by atoms with van der Waals surface area (Å²) in [6.07, 6.45) is 4.29. The van der Waals surface area contributed by atoms with Gasteiger partial charge in [-0.05, 0) is 54.0 Å². The van der Waals surface area contributed by atoms with Crippen molar-refractivity contribution in [3.8, 4) is 0 Å². The van der Waals surface area contributed by atoms with E-state index >= 15 is 0 Å². The number of pyridine rings is 1. The van der Waals surface area contributed by atoms with Gasteiger partial charge in [-0.2, -0.15) is 0 Å². The highest BCUT2D eigenvalue weighted by Gasteiger charge is 2.30. The minimum absolute atomic E-state index is 0.0314. The van der Waals surface area contributed by atoms with Gasteiger partial charge in [0.05, 0.1) is 23.9 Å². The average molecular weight is 448 g/mol. The van der Waals surface area contributed by atoms with Crippen LogP contribution in [0.5, 0.6) is 0 Å². The number of carbonyl (C=O) groups excluding carboxylic acids is 2. The topological polar surface area (TPSA) is 62.7 Å². The summed E-state index contributed by atoms with van der Waals surface area (Å²) in [6, 6.07) is 12.1. The van der Waals surface area contributed by atoms with Crippen LogP contribution in [0.2, 0.25) is 0 Å². The Kier molecular flexibility index (Phi) is 5.66. The smallest absolute Gasteiger partial charge is 0.409 e. The van der Waals surface area contributed by atoms with Gasteiger partial charge in [-0.25, -0.2) is 9.78 Å². The molecule has 0 N–H and O–H groups in total. The summed E-state index contributed by atoms with van der Waals surface area (Å²) in [4.78, 5) is 35.5. The van der Waals surface area contributed by atoms with E-state index in [2.05, 4.69) is 17.5 Å². The summed E-state index contributed by atoms with van der Waals surface area (Å²) < 4.78 is 4.87. The predicted molar refractivity (Wildman–Crippen MR) is 127 cm³/mol. The Morgan fingerprint density at radius 3 is 2.66 bits per heavy atom. The van der Waals surface area contributed by atoms with Crippen molar-refractivity contribution >= 4 is 45.9 Å². The van der Waals surface area contributed by atoms with Crippen molar-refractivity contribution in [1.82, 2.24) is 14.8 Å². The van der Waals surface area contributed by atoms with E-state index in [0.29, 0.717) is 26.2 Å². The van der Waals surface area contributed by atoms with E-state index in [-0.39, 0.29) is 12.0 Å². The number of rotatable bonds is 2. The lowest BCUT2D eigenvalue weighted by Gasteiger charge is -2.23. The van der Waals surface area contributed by atoms with Crippen LogP contribution < -0.4 is 0 Å². The summed E-state index contributed by atoms with van der Waals surface area (Å²) in [5, 5.41) is 2.98. The van der Waals surface area contributed by atoms with Crippen molar-refractivity contribution in [3.05, 3.63) is 63.5 Å². The second-order valence-electron chi connectivity index (χ2n) is 8.12. The molecule has 5 rings (SSSR count). The predicted octanol–water partition coefficient (Wildman–Crippen LogP) is 4.70. The van der Waals surface area contributed by atoms with Crippen LogP contribution in [0.1, 0.15) is 39.3 Å². The number of thiophene rings is 1. The first kappa shape index (κ1) is 20.7. The van der Waals surface area contributed by atoms with Gasteiger partial charge in [0.15, 0.2) is 0 Å². The summed E-state index contributed by atoms with van der Waals surface area (Å²) in [7, 11) is 1.39. The molecule has 2 aliphatic rings. The van der Waals surface area contributed by atoms with Gasteiger partial charge in [0.1, 0.15) is 0 Å². The minimum Gasteiger partial charge on any atom is -0.453 e. The number of para-hydroxylation sites is 1. The zero-order chi connectivity index (χ0) is 22.1. The molecule has 0 unspecified atom stereocenters. The highest BCUT2D eigenvalue weighted by molar-refractivity contribution is 7.10. The van der Waals surface area contributed by atoms with Gasteiger partial charge >= 0.3 is 6.09 Å². The van der Waals surface area contributed by atoms with Gasteiger partial charge in [-0.3, -0.25) is 4.79 Å². The SMILES string of the molecule is COC(=O)N1CCCN(C(=O)c2c3c(nc4ccccc24)/C(=C\c2cccs2)CC3)CC1. The largest absolute Gasteiger partial charge is 0.453 e. The van der Waals surface area contributed by atoms with Crippen molar-refractivity contribution in [2.45, 2.75) is 19.3 Å². The van der Waals surface area contributed by atoms with Crippen LogP contribution in [-0.4, -0.2) is 60.1 Å². The zero-order valence-corrected chi connectivity index (χ0v) is 18.9. The van der Waals surface area contributed by atoms with E-state index in [9.17, 15) is 9.59 Å². The summed E-state index contributed by atoms with van der Waals surface area (Å²) in [5.41, 5.74) is 4.80. The van der Waals surface area contributed by atoms with Gasteiger partial charge in [-0.15, -0.1) is 11.3 Å². The highest BCUT2D eigenvalue weighted by Crippen LogP contribution is 2.38. The number of carbonyl (C=O) groups is 2. The first-order chi connectivity index (χ1) is 15.7. The Morgan fingerprint density at radius 1 is 1.03 bits per heavy atom. The molecule has 0 atom stereocenters. The van der Waals surface area contributed by atoms with Crippen LogP contribution in [0.15, 0.2) is 41.8 Å².